The first-order chi connectivity index (χ1) is 16.0. The van der Waals surface area contributed by atoms with Crippen molar-refractivity contribution >= 4 is 17.6 Å². The molecule has 2 aliphatic rings. The summed E-state index contributed by atoms with van der Waals surface area (Å²) in [6, 6.07) is 12.3. The van der Waals surface area contributed by atoms with Crippen molar-refractivity contribution in [1.82, 2.24) is 20.0 Å². The molecule has 2 fully saturated rings. The number of benzene rings is 1. The highest BCUT2D eigenvalue weighted by Gasteiger charge is 2.31. The lowest BCUT2D eigenvalue weighted by molar-refractivity contribution is -0.144. The topological polar surface area (TPSA) is 69.6 Å². The highest BCUT2D eigenvalue weighted by Crippen LogP contribution is 2.28. The molecule has 2 aromatic rings. The van der Waals surface area contributed by atoms with Crippen molar-refractivity contribution in [3.63, 3.8) is 0 Å². The van der Waals surface area contributed by atoms with Crippen LogP contribution in [0.25, 0.3) is 11.3 Å². The summed E-state index contributed by atoms with van der Waals surface area (Å²) in [5, 5.41) is 8.84. The van der Waals surface area contributed by atoms with E-state index in [4.69, 9.17) is 0 Å². The van der Waals surface area contributed by atoms with Crippen LogP contribution in [0, 0.1) is 12.8 Å². The van der Waals surface area contributed by atoms with Crippen LogP contribution >= 0.6 is 0 Å². The molecule has 7 nitrogen and oxygen atoms in total. The summed E-state index contributed by atoms with van der Waals surface area (Å²) < 4.78 is 0. The number of hydrogen-bond donors (Lipinski definition) is 0. The lowest BCUT2D eigenvalue weighted by atomic mass is 9.84. The van der Waals surface area contributed by atoms with Gasteiger partial charge in [-0.1, -0.05) is 49.6 Å². The summed E-state index contributed by atoms with van der Waals surface area (Å²) in [7, 11) is 0. The molecule has 1 aliphatic carbocycles. The lowest BCUT2D eigenvalue weighted by Gasteiger charge is -2.37. The number of carbonyl (C=O) groups excluding carboxylic acids is 2. The van der Waals surface area contributed by atoms with Crippen LogP contribution in [0.5, 0.6) is 0 Å². The van der Waals surface area contributed by atoms with Crippen LogP contribution < -0.4 is 4.90 Å². The first-order valence-corrected chi connectivity index (χ1v) is 12.3. The minimum atomic E-state index is 0.0548. The van der Waals surface area contributed by atoms with Gasteiger partial charge in [0.25, 0.3) is 0 Å². The van der Waals surface area contributed by atoms with Crippen LogP contribution in [0.4, 0.5) is 5.82 Å². The van der Waals surface area contributed by atoms with Crippen LogP contribution in [0.15, 0.2) is 36.4 Å². The van der Waals surface area contributed by atoms with Gasteiger partial charge in [0.05, 0.1) is 12.2 Å². The van der Waals surface area contributed by atoms with Gasteiger partial charge in [-0.3, -0.25) is 9.59 Å². The second-order valence-corrected chi connectivity index (χ2v) is 9.25. The van der Waals surface area contributed by atoms with Crippen LogP contribution in [-0.2, 0) is 9.59 Å². The Morgan fingerprint density at radius 1 is 1.00 bits per heavy atom. The van der Waals surface area contributed by atoms with E-state index in [0.29, 0.717) is 19.6 Å². The van der Waals surface area contributed by atoms with Crippen molar-refractivity contribution in [2.24, 2.45) is 5.92 Å². The van der Waals surface area contributed by atoms with Gasteiger partial charge in [-0.15, -0.1) is 10.2 Å². The Balaban J connectivity index is 1.30. The van der Waals surface area contributed by atoms with Crippen molar-refractivity contribution in [2.75, 3.05) is 44.2 Å². The SMILES string of the molecule is CCCCN(CC(=O)N1CCN(c2ccc(-c3ccc(C)cc3)nn2)CC1)C(=O)C1CCC1. The third-order valence-corrected chi connectivity index (χ3v) is 6.83. The number of hydrogen-bond acceptors (Lipinski definition) is 5. The number of piperazine rings is 1. The highest BCUT2D eigenvalue weighted by atomic mass is 16.2. The van der Waals surface area contributed by atoms with E-state index < -0.39 is 0 Å². The zero-order valence-electron chi connectivity index (χ0n) is 19.9. The van der Waals surface area contributed by atoms with Gasteiger partial charge in [0.1, 0.15) is 0 Å². The molecule has 2 heterocycles. The highest BCUT2D eigenvalue weighted by molar-refractivity contribution is 5.86. The maximum atomic E-state index is 13.0. The van der Waals surface area contributed by atoms with E-state index in [0.717, 1.165) is 62.3 Å². The van der Waals surface area contributed by atoms with Gasteiger partial charge in [0, 0.05) is 44.2 Å². The molecule has 1 aliphatic heterocycles. The van der Waals surface area contributed by atoms with Gasteiger partial charge in [0.2, 0.25) is 11.8 Å². The molecule has 4 rings (SSSR count). The van der Waals surface area contributed by atoms with E-state index in [9.17, 15) is 9.59 Å². The molecule has 0 N–H and O–H groups in total. The zero-order valence-corrected chi connectivity index (χ0v) is 19.9. The standard InChI is InChI=1S/C26H35N5O2/c1-3-4-14-31(26(33)22-6-5-7-22)19-25(32)30-17-15-29(16-18-30)24-13-12-23(27-28-24)21-10-8-20(2)9-11-21/h8-13,22H,3-7,14-19H2,1-2H3. The molecule has 1 aromatic heterocycles. The molecule has 7 heteroatoms. The number of anilines is 1. The van der Waals surface area contributed by atoms with Crippen molar-refractivity contribution in [1.29, 1.82) is 0 Å². The summed E-state index contributed by atoms with van der Waals surface area (Å²) >= 11 is 0. The van der Waals surface area contributed by atoms with Gasteiger partial charge >= 0.3 is 0 Å². The number of carbonyl (C=O) groups is 2. The molecule has 0 spiro atoms. The molecule has 176 valence electrons. The van der Waals surface area contributed by atoms with Crippen molar-refractivity contribution in [2.45, 2.75) is 46.0 Å². The van der Waals surface area contributed by atoms with Crippen molar-refractivity contribution in [3.05, 3.63) is 42.0 Å². The maximum absolute atomic E-state index is 13.0. The largest absolute Gasteiger partial charge is 0.352 e. The van der Waals surface area contributed by atoms with E-state index in [1.54, 1.807) is 4.90 Å². The van der Waals surface area contributed by atoms with Gasteiger partial charge in [-0.2, -0.15) is 0 Å². The second kappa shape index (κ2) is 10.8. The average Bonchev–Trinajstić information content (AvgIpc) is 2.81. The summed E-state index contributed by atoms with van der Waals surface area (Å²) in [4.78, 5) is 31.6. The second-order valence-electron chi connectivity index (χ2n) is 9.25. The molecular weight excluding hydrogens is 414 g/mol. The van der Waals surface area contributed by atoms with E-state index >= 15 is 0 Å². The van der Waals surface area contributed by atoms with E-state index in [2.05, 4.69) is 53.2 Å². The molecule has 1 saturated heterocycles. The summed E-state index contributed by atoms with van der Waals surface area (Å²) in [6.07, 6.45) is 5.03. The van der Waals surface area contributed by atoms with Crippen molar-refractivity contribution < 1.29 is 9.59 Å². The van der Waals surface area contributed by atoms with Crippen LogP contribution in [-0.4, -0.2) is 71.1 Å². The first kappa shape index (κ1) is 23.2. The Kier molecular flexibility index (Phi) is 7.57. The summed E-state index contributed by atoms with van der Waals surface area (Å²) in [5.74, 6) is 1.19. The predicted octanol–water partition coefficient (Wildman–Crippen LogP) is 3.53. The zero-order chi connectivity index (χ0) is 23.2. The Morgan fingerprint density at radius 3 is 2.30 bits per heavy atom. The average molecular weight is 450 g/mol. The molecule has 0 radical (unpaired) electrons. The number of aromatic nitrogens is 2. The molecule has 0 atom stereocenters. The maximum Gasteiger partial charge on any atom is 0.242 e. The van der Waals surface area contributed by atoms with Crippen LogP contribution in [0.3, 0.4) is 0 Å². The fourth-order valence-corrected chi connectivity index (χ4v) is 4.35. The number of aryl methyl sites for hydroxylation is 1. The molecule has 2 amide bonds. The third-order valence-electron chi connectivity index (χ3n) is 6.83. The third kappa shape index (κ3) is 5.70. The van der Waals surface area contributed by atoms with Gasteiger partial charge < -0.3 is 14.7 Å². The molecular formula is C26H35N5O2. The van der Waals surface area contributed by atoms with Gasteiger partial charge in [-0.05, 0) is 38.3 Å². The Hall–Kier alpha value is -2.96. The van der Waals surface area contributed by atoms with E-state index in [1.807, 2.05) is 17.0 Å². The van der Waals surface area contributed by atoms with Crippen LogP contribution in [0.2, 0.25) is 0 Å². The molecule has 33 heavy (non-hydrogen) atoms. The number of nitrogens with zero attached hydrogens (tertiary/aromatic N) is 5. The predicted molar refractivity (Wildman–Crippen MR) is 130 cm³/mol. The number of rotatable bonds is 8. The molecule has 0 bridgehead atoms. The van der Waals surface area contributed by atoms with E-state index in [-0.39, 0.29) is 24.3 Å². The normalized spacial score (nSPS) is 16.4. The fraction of sp³-hybridized carbons (Fsp3) is 0.538. The minimum Gasteiger partial charge on any atom is -0.352 e. The Morgan fingerprint density at radius 2 is 1.73 bits per heavy atom. The quantitative estimate of drug-likeness (QED) is 0.617. The van der Waals surface area contributed by atoms with Crippen molar-refractivity contribution in [3.8, 4) is 11.3 Å². The van der Waals surface area contributed by atoms with Gasteiger partial charge in [0.15, 0.2) is 5.82 Å². The molecule has 1 aromatic carbocycles. The lowest BCUT2D eigenvalue weighted by Crippen LogP contribution is -2.53. The summed E-state index contributed by atoms with van der Waals surface area (Å²) in [6.45, 7) is 7.78. The number of amides is 2. The summed E-state index contributed by atoms with van der Waals surface area (Å²) in [5.41, 5.74) is 3.13. The monoisotopic (exact) mass is 449 g/mol. The van der Waals surface area contributed by atoms with Gasteiger partial charge in [-0.25, -0.2) is 0 Å². The van der Waals surface area contributed by atoms with Crippen LogP contribution in [0.1, 0.15) is 44.6 Å². The van der Waals surface area contributed by atoms with E-state index in [1.165, 1.54) is 5.56 Å². The molecule has 1 saturated carbocycles. The Labute approximate surface area is 196 Å². The first-order valence-electron chi connectivity index (χ1n) is 12.3. The Bertz CT molecular complexity index is 932. The number of unbranched alkanes of at least 4 members (excludes halogenated alkanes) is 1. The molecule has 0 unspecified atom stereocenters. The minimum absolute atomic E-state index is 0.0548. The fourth-order valence-electron chi connectivity index (χ4n) is 4.35. The smallest absolute Gasteiger partial charge is 0.242 e.